The van der Waals surface area contributed by atoms with E-state index < -0.39 is 5.82 Å². The van der Waals surface area contributed by atoms with Gasteiger partial charge in [0.1, 0.15) is 11.6 Å². The Balaban J connectivity index is 1.64. The number of benzene rings is 2. The molecule has 30 heavy (non-hydrogen) atoms. The normalized spacial score (nSPS) is 11.1. The van der Waals surface area contributed by atoms with Crippen molar-refractivity contribution in [3.63, 3.8) is 0 Å². The minimum absolute atomic E-state index is 0.0178. The van der Waals surface area contributed by atoms with Gasteiger partial charge in [0, 0.05) is 37.7 Å². The molecule has 2 amide bonds. The predicted octanol–water partition coefficient (Wildman–Crippen LogP) is 3.98. The second-order valence-electron chi connectivity index (χ2n) is 7.91. The van der Waals surface area contributed by atoms with Gasteiger partial charge >= 0.3 is 0 Å². The average Bonchev–Trinajstić information content (AvgIpc) is 2.98. The lowest BCUT2D eigenvalue weighted by Gasteiger charge is -2.07. The molecule has 2 N–H and O–H groups in total. The quantitative estimate of drug-likeness (QED) is 0.619. The Kier molecular flexibility index (Phi) is 6.50. The van der Waals surface area contributed by atoms with Crippen LogP contribution in [0.5, 0.6) is 0 Å². The fourth-order valence-corrected chi connectivity index (χ4v) is 3.26. The summed E-state index contributed by atoms with van der Waals surface area (Å²) in [5.74, 6) is 0.376. The molecule has 0 radical (unpaired) electrons. The molecule has 3 aromatic rings. The Morgan fingerprint density at radius 2 is 1.93 bits per heavy atom. The summed E-state index contributed by atoms with van der Waals surface area (Å²) in [7, 11) is 1.92. The summed E-state index contributed by atoms with van der Waals surface area (Å²) in [6, 6.07) is 10.1. The highest BCUT2D eigenvalue weighted by Crippen LogP contribution is 2.20. The Morgan fingerprint density at radius 1 is 1.17 bits per heavy atom. The Labute approximate surface area is 175 Å². The number of nitrogens with one attached hydrogen (secondary N) is 2. The SMILES string of the molecule is Cc1ccc(C(=O)NCCc2nc3cc(NC(=O)CC(C)C)ccc3n2C)cc1F. The summed E-state index contributed by atoms with van der Waals surface area (Å²) in [5.41, 5.74) is 3.24. The van der Waals surface area contributed by atoms with E-state index in [0.29, 0.717) is 42.1 Å². The fraction of sp³-hybridized carbons (Fsp3) is 0.348. The minimum Gasteiger partial charge on any atom is -0.352 e. The zero-order chi connectivity index (χ0) is 21.8. The number of amides is 2. The lowest BCUT2D eigenvalue weighted by Crippen LogP contribution is -2.26. The van der Waals surface area contributed by atoms with Crippen molar-refractivity contribution in [2.24, 2.45) is 13.0 Å². The topological polar surface area (TPSA) is 76.0 Å². The van der Waals surface area contributed by atoms with Crippen molar-refractivity contribution < 1.29 is 14.0 Å². The first kappa shape index (κ1) is 21.5. The molecule has 0 fully saturated rings. The van der Waals surface area contributed by atoms with E-state index >= 15 is 0 Å². The van der Waals surface area contributed by atoms with Crippen LogP contribution < -0.4 is 10.6 Å². The van der Waals surface area contributed by atoms with Gasteiger partial charge in [0.2, 0.25) is 5.91 Å². The van der Waals surface area contributed by atoms with Crippen molar-refractivity contribution >= 4 is 28.5 Å². The number of carbonyl (C=O) groups excluding carboxylic acids is 2. The fourth-order valence-electron chi connectivity index (χ4n) is 3.26. The first-order chi connectivity index (χ1) is 14.2. The second-order valence-corrected chi connectivity index (χ2v) is 7.91. The summed E-state index contributed by atoms with van der Waals surface area (Å²) < 4.78 is 15.6. The van der Waals surface area contributed by atoms with E-state index in [1.807, 2.05) is 43.7 Å². The van der Waals surface area contributed by atoms with Gasteiger partial charge in [0.25, 0.3) is 5.91 Å². The van der Waals surface area contributed by atoms with Gasteiger partial charge in [-0.15, -0.1) is 0 Å². The van der Waals surface area contributed by atoms with Gasteiger partial charge in [-0.2, -0.15) is 0 Å². The third-order valence-electron chi connectivity index (χ3n) is 4.92. The molecule has 0 bridgehead atoms. The van der Waals surface area contributed by atoms with Crippen LogP contribution in [0.2, 0.25) is 0 Å². The summed E-state index contributed by atoms with van der Waals surface area (Å²) in [6.45, 7) is 6.04. The zero-order valence-electron chi connectivity index (χ0n) is 17.8. The number of halogens is 1. The highest BCUT2D eigenvalue weighted by atomic mass is 19.1. The highest BCUT2D eigenvalue weighted by molar-refractivity contribution is 5.94. The molecule has 0 aliphatic rings. The van der Waals surface area contributed by atoms with Gasteiger partial charge < -0.3 is 15.2 Å². The zero-order valence-corrected chi connectivity index (χ0v) is 17.8. The number of aromatic nitrogens is 2. The smallest absolute Gasteiger partial charge is 0.251 e. The highest BCUT2D eigenvalue weighted by Gasteiger charge is 2.12. The van der Waals surface area contributed by atoms with Gasteiger partial charge in [-0.3, -0.25) is 9.59 Å². The summed E-state index contributed by atoms with van der Waals surface area (Å²) in [6.07, 6.45) is 0.996. The van der Waals surface area contributed by atoms with Crippen LogP contribution in [0, 0.1) is 18.7 Å². The molecule has 0 aliphatic carbocycles. The van der Waals surface area contributed by atoms with Crippen molar-refractivity contribution in [2.45, 2.75) is 33.6 Å². The lowest BCUT2D eigenvalue weighted by atomic mass is 10.1. The Bertz CT molecular complexity index is 1090. The van der Waals surface area contributed by atoms with E-state index in [9.17, 15) is 14.0 Å². The van der Waals surface area contributed by atoms with Crippen molar-refractivity contribution in [1.82, 2.24) is 14.9 Å². The van der Waals surface area contributed by atoms with E-state index in [1.54, 1.807) is 19.1 Å². The maximum absolute atomic E-state index is 13.7. The molecular formula is C23H27FN4O2. The summed E-state index contributed by atoms with van der Waals surface area (Å²) >= 11 is 0. The summed E-state index contributed by atoms with van der Waals surface area (Å²) in [5, 5.41) is 5.71. The molecule has 0 saturated carbocycles. The molecule has 1 heterocycles. The molecule has 7 heteroatoms. The number of hydrogen-bond acceptors (Lipinski definition) is 3. The first-order valence-electron chi connectivity index (χ1n) is 10.0. The van der Waals surface area contributed by atoms with Crippen molar-refractivity contribution in [3.05, 3.63) is 59.2 Å². The van der Waals surface area contributed by atoms with E-state index in [-0.39, 0.29) is 11.8 Å². The number of anilines is 1. The number of rotatable bonds is 7. The van der Waals surface area contributed by atoms with Crippen LogP contribution in [0.15, 0.2) is 36.4 Å². The Morgan fingerprint density at radius 3 is 2.63 bits per heavy atom. The number of imidazole rings is 1. The molecule has 0 atom stereocenters. The van der Waals surface area contributed by atoms with E-state index in [4.69, 9.17) is 0 Å². The molecule has 158 valence electrons. The standard InChI is InChI=1S/C23H27FN4O2/c1-14(2)11-22(29)26-17-7-8-20-19(13-17)27-21(28(20)4)9-10-25-23(30)16-6-5-15(3)18(24)12-16/h5-8,12-14H,9-11H2,1-4H3,(H,25,30)(H,26,29). The maximum Gasteiger partial charge on any atom is 0.251 e. The van der Waals surface area contributed by atoms with Crippen molar-refractivity contribution in [1.29, 1.82) is 0 Å². The van der Waals surface area contributed by atoms with Crippen molar-refractivity contribution in [3.8, 4) is 0 Å². The monoisotopic (exact) mass is 410 g/mol. The number of aryl methyl sites for hydroxylation is 2. The third-order valence-corrected chi connectivity index (χ3v) is 4.92. The van der Waals surface area contributed by atoms with E-state index in [1.165, 1.54) is 6.07 Å². The number of fused-ring (bicyclic) bond motifs is 1. The molecule has 0 spiro atoms. The maximum atomic E-state index is 13.7. The minimum atomic E-state index is -0.394. The largest absolute Gasteiger partial charge is 0.352 e. The van der Waals surface area contributed by atoms with Gasteiger partial charge in [0.15, 0.2) is 0 Å². The molecule has 3 rings (SSSR count). The van der Waals surface area contributed by atoms with Crippen LogP contribution in [-0.4, -0.2) is 27.9 Å². The van der Waals surface area contributed by atoms with Gasteiger partial charge in [-0.25, -0.2) is 9.37 Å². The molecule has 0 aliphatic heterocycles. The molecule has 2 aromatic carbocycles. The predicted molar refractivity (Wildman–Crippen MR) is 116 cm³/mol. The van der Waals surface area contributed by atoms with E-state index in [0.717, 1.165) is 16.9 Å². The molecule has 0 unspecified atom stereocenters. The third kappa shape index (κ3) is 5.03. The van der Waals surface area contributed by atoms with Crippen LogP contribution in [0.25, 0.3) is 11.0 Å². The number of hydrogen-bond donors (Lipinski definition) is 2. The summed E-state index contributed by atoms with van der Waals surface area (Å²) in [4.78, 5) is 28.9. The van der Waals surface area contributed by atoms with Crippen LogP contribution >= 0.6 is 0 Å². The first-order valence-corrected chi connectivity index (χ1v) is 10.0. The van der Waals surface area contributed by atoms with E-state index in [2.05, 4.69) is 15.6 Å². The van der Waals surface area contributed by atoms with Crippen LogP contribution in [0.1, 0.15) is 42.0 Å². The van der Waals surface area contributed by atoms with Crippen molar-refractivity contribution in [2.75, 3.05) is 11.9 Å². The van der Waals surface area contributed by atoms with Crippen LogP contribution in [0.3, 0.4) is 0 Å². The molecule has 1 aromatic heterocycles. The molecule has 6 nitrogen and oxygen atoms in total. The average molecular weight is 410 g/mol. The lowest BCUT2D eigenvalue weighted by molar-refractivity contribution is -0.116. The number of carbonyl (C=O) groups is 2. The van der Waals surface area contributed by atoms with Crippen LogP contribution in [0.4, 0.5) is 10.1 Å². The Hall–Kier alpha value is -3.22. The second kappa shape index (κ2) is 9.07. The molecule has 0 saturated heterocycles. The van der Waals surface area contributed by atoms with Gasteiger partial charge in [-0.05, 0) is 48.7 Å². The molecular weight excluding hydrogens is 383 g/mol. The number of nitrogens with zero attached hydrogens (tertiary/aromatic N) is 2. The van der Waals surface area contributed by atoms with Crippen LogP contribution in [-0.2, 0) is 18.3 Å². The van der Waals surface area contributed by atoms with Gasteiger partial charge in [-0.1, -0.05) is 19.9 Å². The van der Waals surface area contributed by atoms with Gasteiger partial charge in [0.05, 0.1) is 11.0 Å².